The molecule has 0 saturated heterocycles. The topological polar surface area (TPSA) is 13.1 Å². The Bertz CT molecular complexity index is 611. The molecule has 2 heterocycles. The molecule has 0 bridgehead atoms. The van der Waals surface area contributed by atoms with E-state index in [9.17, 15) is 4.39 Å². The highest BCUT2D eigenvalue weighted by Gasteiger charge is 2.16. The lowest BCUT2D eigenvalue weighted by molar-refractivity contribution is 0.575. The highest BCUT2D eigenvalue weighted by Crippen LogP contribution is 2.38. The van der Waals surface area contributed by atoms with E-state index >= 15 is 0 Å². The van der Waals surface area contributed by atoms with E-state index in [0.717, 1.165) is 22.5 Å². The fourth-order valence-corrected chi connectivity index (χ4v) is 2.62. The summed E-state index contributed by atoms with van der Waals surface area (Å²) in [5.41, 5.74) is 2.42. The summed E-state index contributed by atoms with van der Waals surface area (Å²) in [6.45, 7) is 0. The maximum Gasteiger partial charge on any atom is 0.188 e. The van der Waals surface area contributed by atoms with Crippen LogP contribution in [0.2, 0.25) is 0 Å². The van der Waals surface area contributed by atoms with E-state index in [4.69, 9.17) is 4.42 Å². The van der Waals surface area contributed by atoms with Gasteiger partial charge in [0.15, 0.2) is 5.13 Å². The molecule has 0 aliphatic heterocycles. The molecule has 2 aromatic heterocycles. The number of thiophene rings is 1. The zero-order valence-electron chi connectivity index (χ0n) is 8.89. The van der Waals surface area contributed by atoms with E-state index in [2.05, 4.69) is 0 Å². The fourth-order valence-electron chi connectivity index (χ4n) is 1.81. The lowest BCUT2D eigenvalue weighted by atomic mass is 10.0. The highest BCUT2D eigenvalue weighted by atomic mass is 32.1. The number of hydrogen-bond acceptors (Lipinski definition) is 2. The molecule has 1 nitrogen and oxygen atoms in total. The summed E-state index contributed by atoms with van der Waals surface area (Å²) in [4.78, 5) is 0. The summed E-state index contributed by atoms with van der Waals surface area (Å²) in [6.07, 6.45) is 1.56. The van der Waals surface area contributed by atoms with Gasteiger partial charge in [-0.1, -0.05) is 30.3 Å². The van der Waals surface area contributed by atoms with E-state index in [1.807, 2.05) is 35.7 Å². The zero-order valence-corrected chi connectivity index (χ0v) is 9.71. The second-order valence-electron chi connectivity index (χ2n) is 3.64. The summed E-state index contributed by atoms with van der Waals surface area (Å²) >= 11 is 1.10. The van der Waals surface area contributed by atoms with Gasteiger partial charge in [0, 0.05) is 10.9 Å². The molecule has 3 aromatic rings. The third-order valence-electron chi connectivity index (χ3n) is 2.60. The highest BCUT2D eigenvalue weighted by molar-refractivity contribution is 7.09. The minimum atomic E-state index is -0.209. The normalized spacial score (nSPS) is 10.6. The molecule has 0 aliphatic carbocycles. The van der Waals surface area contributed by atoms with Crippen molar-refractivity contribution in [3.8, 4) is 22.5 Å². The van der Waals surface area contributed by atoms with Crippen molar-refractivity contribution in [3.05, 3.63) is 59.2 Å². The standard InChI is InChI=1S/C14H9FOS/c15-14-13(12-7-4-8-16-12)11(9-17-14)10-5-2-1-3-6-10/h1-9H. The molecular formula is C14H9FOS. The largest absolute Gasteiger partial charge is 0.464 e. The predicted octanol–water partition coefficient (Wildman–Crippen LogP) is 4.81. The molecule has 84 valence electrons. The van der Waals surface area contributed by atoms with Crippen LogP contribution >= 0.6 is 11.3 Å². The van der Waals surface area contributed by atoms with Gasteiger partial charge in [0.2, 0.25) is 0 Å². The molecule has 0 aliphatic rings. The average Bonchev–Trinajstić information content (AvgIpc) is 2.99. The molecule has 0 fully saturated rings. The number of benzene rings is 1. The minimum absolute atomic E-state index is 0.209. The minimum Gasteiger partial charge on any atom is -0.464 e. The second kappa shape index (κ2) is 4.18. The number of furan rings is 1. The first-order chi connectivity index (χ1) is 8.36. The van der Waals surface area contributed by atoms with Crippen LogP contribution in [0.1, 0.15) is 0 Å². The van der Waals surface area contributed by atoms with Gasteiger partial charge in [-0.2, -0.15) is 4.39 Å². The van der Waals surface area contributed by atoms with Crippen molar-refractivity contribution in [1.82, 2.24) is 0 Å². The van der Waals surface area contributed by atoms with Crippen LogP contribution in [0.5, 0.6) is 0 Å². The Morgan fingerprint density at radius 1 is 1.00 bits per heavy atom. The molecule has 0 radical (unpaired) electrons. The Morgan fingerprint density at radius 3 is 2.53 bits per heavy atom. The lowest BCUT2D eigenvalue weighted by Crippen LogP contribution is -1.80. The van der Waals surface area contributed by atoms with Crippen molar-refractivity contribution in [2.45, 2.75) is 0 Å². The van der Waals surface area contributed by atoms with Gasteiger partial charge in [0.1, 0.15) is 5.76 Å². The van der Waals surface area contributed by atoms with Crippen LogP contribution in [-0.4, -0.2) is 0 Å². The number of rotatable bonds is 2. The Kier molecular flexibility index (Phi) is 2.53. The smallest absolute Gasteiger partial charge is 0.188 e. The molecular weight excluding hydrogens is 235 g/mol. The van der Waals surface area contributed by atoms with Crippen LogP contribution in [0.4, 0.5) is 4.39 Å². The summed E-state index contributed by atoms with van der Waals surface area (Å²) in [6, 6.07) is 13.3. The quantitative estimate of drug-likeness (QED) is 0.630. The third kappa shape index (κ3) is 1.78. The Hall–Kier alpha value is -1.87. The first-order valence-corrected chi connectivity index (χ1v) is 6.10. The first kappa shape index (κ1) is 10.3. The van der Waals surface area contributed by atoms with Gasteiger partial charge in [-0.15, -0.1) is 11.3 Å². The van der Waals surface area contributed by atoms with Gasteiger partial charge in [0.05, 0.1) is 11.8 Å². The fraction of sp³-hybridized carbons (Fsp3) is 0. The van der Waals surface area contributed by atoms with E-state index in [-0.39, 0.29) is 5.13 Å². The van der Waals surface area contributed by atoms with Crippen molar-refractivity contribution in [2.75, 3.05) is 0 Å². The molecule has 1 aromatic carbocycles. The van der Waals surface area contributed by atoms with Crippen molar-refractivity contribution < 1.29 is 8.81 Å². The van der Waals surface area contributed by atoms with E-state index < -0.39 is 0 Å². The Labute approximate surface area is 102 Å². The molecule has 0 N–H and O–H groups in total. The van der Waals surface area contributed by atoms with Crippen molar-refractivity contribution in [3.63, 3.8) is 0 Å². The van der Waals surface area contributed by atoms with Crippen LogP contribution in [0.25, 0.3) is 22.5 Å². The molecule has 17 heavy (non-hydrogen) atoms. The van der Waals surface area contributed by atoms with Gasteiger partial charge >= 0.3 is 0 Å². The number of halogens is 1. The van der Waals surface area contributed by atoms with Crippen LogP contribution < -0.4 is 0 Å². The van der Waals surface area contributed by atoms with E-state index in [0.29, 0.717) is 11.3 Å². The maximum atomic E-state index is 13.8. The molecule has 0 amide bonds. The van der Waals surface area contributed by atoms with Gasteiger partial charge in [-0.25, -0.2) is 0 Å². The second-order valence-corrected chi connectivity index (χ2v) is 4.47. The van der Waals surface area contributed by atoms with Crippen molar-refractivity contribution in [1.29, 1.82) is 0 Å². The van der Waals surface area contributed by atoms with Gasteiger partial charge < -0.3 is 4.42 Å². The summed E-state index contributed by atoms with van der Waals surface area (Å²) in [5.74, 6) is 0.572. The lowest BCUT2D eigenvalue weighted by Gasteiger charge is -2.01. The van der Waals surface area contributed by atoms with E-state index in [1.54, 1.807) is 18.4 Å². The molecule has 3 rings (SSSR count). The van der Waals surface area contributed by atoms with Crippen molar-refractivity contribution in [2.24, 2.45) is 0 Å². The maximum absolute atomic E-state index is 13.8. The number of hydrogen-bond donors (Lipinski definition) is 0. The first-order valence-electron chi connectivity index (χ1n) is 5.22. The molecule has 0 saturated carbocycles. The SMILES string of the molecule is Fc1scc(-c2ccccc2)c1-c1ccco1. The van der Waals surface area contributed by atoms with E-state index in [1.165, 1.54) is 0 Å². The van der Waals surface area contributed by atoms with Gasteiger partial charge in [-0.3, -0.25) is 0 Å². The average molecular weight is 244 g/mol. The van der Waals surface area contributed by atoms with Crippen LogP contribution in [0.3, 0.4) is 0 Å². The molecule has 0 spiro atoms. The van der Waals surface area contributed by atoms with Crippen LogP contribution in [0, 0.1) is 5.13 Å². The predicted molar refractivity (Wildman–Crippen MR) is 67.4 cm³/mol. The van der Waals surface area contributed by atoms with Crippen LogP contribution in [0.15, 0.2) is 58.5 Å². The van der Waals surface area contributed by atoms with Crippen molar-refractivity contribution >= 4 is 11.3 Å². The van der Waals surface area contributed by atoms with Gasteiger partial charge in [-0.05, 0) is 17.7 Å². The molecule has 3 heteroatoms. The zero-order chi connectivity index (χ0) is 11.7. The summed E-state index contributed by atoms with van der Waals surface area (Å²) in [5, 5.41) is 1.61. The Balaban J connectivity index is 2.20. The Morgan fingerprint density at radius 2 is 1.82 bits per heavy atom. The van der Waals surface area contributed by atoms with Gasteiger partial charge in [0.25, 0.3) is 0 Å². The monoisotopic (exact) mass is 244 g/mol. The van der Waals surface area contributed by atoms with Crippen LogP contribution in [-0.2, 0) is 0 Å². The molecule has 0 atom stereocenters. The molecule has 0 unspecified atom stereocenters. The summed E-state index contributed by atoms with van der Waals surface area (Å²) in [7, 11) is 0. The summed E-state index contributed by atoms with van der Waals surface area (Å²) < 4.78 is 19.1. The third-order valence-corrected chi connectivity index (χ3v) is 3.36.